The van der Waals surface area contributed by atoms with Gasteiger partial charge >= 0.3 is 0 Å². The molecular weight excluding hydrogens is 320 g/mol. The number of hydrogen-bond acceptors (Lipinski definition) is 7. The Morgan fingerprint density at radius 3 is 2.92 bits per heavy atom. The molecule has 2 atom stereocenters. The number of anilines is 1. The molecule has 1 amide bonds. The van der Waals surface area contributed by atoms with E-state index in [0.29, 0.717) is 24.8 Å². The van der Waals surface area contributed by atoms with E-state index in [1.165, 1.54) is 6.20 Å². The first kappa shape index (κ1) is 15.9. The van der Waals surface area contributed by atoms with Crippen LogP contribution in [0.2, 0.25) is 0 Å². The van der Waals surface area contributed by atoms with Gasteiger partial charge in [-0.05, 0) is 18.9 Å². The highest BCUT2D eigenvalue weighted by atomic mass is 16.5. The van der Waals surface area contributed by atoms with Gasteiger partial charge < -0.3 is 15.0 Å². The lowest BCUT2D eigenvalue weighted by Crippen LogP contribution is -2.50. The summed E-state index contributed by atoms with van der Waals surface area (Å²) >= 11 is 0. The lowest BCUT2D eigenvalue weighted by Gasteiger charge is -2.39. The maximum absolute atomic E-state index is 12.6. The third-order valence-electron chi connectivity index (χ3n) is 4.72. The molecule has 0 saturated carbocycles. The molecule has 2 fully saturated rings. The zero-order valence-electron chi connectivity index (χ0n) is 13.8. The van der Waals surface area contributed by atoms with Crippen LogP contribution in [0.4, 0.5) is 5.95 Å². The number of amides is 1. The lowest BCUT2D eigenvalue weighted by atomic mass is 9.88. The Bertz CT molecular complexity index is 728. The monoisotopic (exact) mass is 340 g/mol. The molecule has 4 heterocycles. The zero-order valence-corrected chi connectivity index (χ0v) is 13.8. The largest absolute Gasteiger partial charge is 0.371 e. The number of nitrogens with one attached hydrogen (secondary N) is 1. The standard InChI is InChI=1S/C17H20N6O2/c24-15(14-10-18-6-7-19-14)23-8-1-3-17(12-23)9-13(11-25-17)22-16-20-4-2-5-21-16/h2,4-7,10,13H,1,3,8-9,11-12H2,(H,20,21,22)/t13-,17+/m0/s1. The summed E-state index contributed by atoms with van der Waals surface area (Å²) in [7, 11) is 0. The van der Waals surface area contributed by atoms with E-state index in [4.69, 9.17) is 4.74 Å². The van der Waals surface area contributed by atoms with Gasteiger partial charge in [0.15, 0.2) is 0 Å². The molecule has 1 N–H and O–H groups in total. The van der Waals surface area contributed by atoms with Gasteiger partial charge in [0.2, 0.25) is 5.95 Å². The van der Waals surface area contributed by atoms with Crippen molar-refractivity contribution in [3.63, 3.8) is 0 Å². The molecule has 2 aromatic heterocycles. The summed E-state index contributed by atoms with van der Waals surface area (Å²) < 4.78 is 6.13. The highest BCUT2D eigenvalue weighted by molar-refractivity contribution is 5.92. The fraction of sp³-hybridized carbons (Fsp3) is 0.471. The van der Waals surface area contributed by atoms with Gasteiger partial charge in [-0.3, -0.25) is 9.78 Å². The summed E-state index contributed by atoms with van der Waals surface area (Å²) in [6, 6.07) is 1.93. The Labute approximate surface area is 145 Å². The second-order valence-corrected chi connectivity index (χ2v) is 6.53. The normalized spacial score (nSPS) is 25.9. The smallest absolute Gasteiger partial charge is 0.274 e. The van der Waals surface area contributed by atoms with E-state index in [-0.39, 0.29) is 17.6 Å². The van der Waals surface area contributed by atoms with Crippen molar-refractivity contribution in [1.29, 1.82) is 0 Å². The number of nitrogens with zero attached hydrogens (tertiary/aromatic N) is 5. The van der Waals surface area contributed by atoms with Crippen molar-refractivity contribution < 1.29 is 9.53 Å². The van der Waals surface area contributed by atoms with E-state index in [2.05, 4.69) is 25.3 Å². The maximum Gasteiger partial charge on any atom is 0.274 e. The summed E-state index contributed by atoms with van der Waals surface area (Å²) in [5.41, 5.74) is 0.0765. The van der Waals surface area contributed by atoms with Crippen molar-refractivity contribution >= 4 is 11.9 Å². The second-order valence-electron chi connectivity index (χ2n) is 6.53. The third kappa shape index (κ3) is 3.43. The molecule has 1 spiro atoms. The molecule has 25 heavy (non-hydrogen) atoms. The quantitative estimate of drug-likeness (QED) is 0.895. The minimum Gasteiger partial charge on any atom is -0.371 e. The van der Waals surface area contributed by atoms with Crippen LogP contribution in [0, 0.1) is 0 Å². The van der Waals surface area contributed by atoms with E-state index < -0.39 is 0 Å². The van der Waals surface area contributed by atoms with Crippen molar-refractivity contribution in [3.05, 3.63) is 42.7 Å². The molecule has 2 aliphatic heterocycles. The van der Waals surface area contributed by atoms with Crippen molar-refractivity contribution in [2.45, 2.75) is 30.9 Å². The van der Waals surface area contributed by atoms with Gasteiger partial charge in [-0.25, -0.2) is 15.0 Å². The molecule has 0 radical (unpaired) electrons. The fourth-order valence-corrected chi connectivity index (χ4v) is 3.62. The van der Waals surface area contributed by atoms with Crippen LogP contribution in [0.25, 0.3) is 0 Å². The van der Waals surface area contributed by atoms with Gasteiger partial charge in [0.25, 0.3) is 5.91 Å². The molecule has 2 saturated heterocycles. The minimum atomic E-state index is -0.303. The van der Waals surface area contributed by atoms with E-state index >= 15 is 0 Å². The maximum atomic E-state index is 12.6. The third-order valence-corrected chi connectivity index (χ3v) is 4.72. The number of rotatable bonds is 3. The Morgan fingerprint density at radius 1 is 1.24 bits per heavy atom. The molecule has 0 unspecified atom stereocenters. The zero-order chi connectivity index (χ0) is 17.1. The van der Waals surface area contributed by atoms with Crippen molar-refractivity contribution in [3.8, 4) is 0 Å². The number of carbonyl (C=O) groups is 1. The summed E-state index contributed by atoms with van der Waals surface area (Å²) in [6.45, 7) is 1.89. The Hall–Kier alpha value is -2.61. The van der Waals surface area contributed by atoms with Crippen molar-refractivity contribution in [1.82, 2.24) is 24.8 Å². The Morgan fingerprint density at radius 2 is 2.12 bits per heavy atom. The Balaban J connectivity index is 1.42. The minimum absolute atomic E-state index is 0.0847. The SMILES string of the molecule is O=C(c1cnccn1)N1CCC[C@@]2(C[C@H](Nc3ncccn3)CO2)C1. The lowest BCUT2D eigenvalue weighted by molar-refractivity contribution is -0.0448. The molecule has 8 nitrogen and oxygen atoms in total. The molecule has 4 rings (SSSR count). The Kier molecular flexibility index (Phi) is 4.27. The van der Waals surface area contributed by atoms with E-state index in [9.17, 15) is 4.79 Å². The number of ether oxygens (including phenoxy) is 1. The van der Waals surface area contributed by atoms with E-state index in [1.807, 2.05) is 4.90 Å². The number of aromatic nitrogens is 4. The summed E-state index contributed by atoms with van der Waals surface area (Å²) in [6.07, 6.45) is 10.7. The first-order valence-corrected chi connectivity index (χ1v) is 8.47. The fourth-order valence-electron chi connectivity index (χ4n) is 3.62. The predicted molar refractivity (Wildman–Crippen MR) is 89.9 cm³/mol. The van der Waals surface area contributed by atoms with E-state index in [0.717, 1.165) is 25.8 Å². The molecule has 8 heteroatoms. The van der Waals surface area contributed by atoms with Crippen LogP contribution in [-0.4, -0.2) is 62.1 Å². The highest BCUT2D eigenvalue weighted by Gasteiger charge is 2.44. The number of hydrogen-bond donors (Lipinski definition) is 1. The molecular formula is C17H20N6O2. The van der Waals surface area contributed by atoms with Crippen molar-refractivity contribution in [2.24, 2.45) is 0 Å². The molecule has 0 aliphatic carbocycles. The summed E-state index contributed by atoms with van der Waals surface area (Å²) in [5.74, 6) is 0.523. The van der Waals surface area contributed by atoms with Crippen LogP contribution in [0.3, 0.4) is 0 Å². The average Bonchev–Trinajstić information content (AvgIpc) is 3.04. The van der Waals surface area contributed by atoms with Gasteiger partial charge in [-0.15, -0.1) is 0 Å². The van der Waals surface area contributed by atoms with Crippen molar-refractivity contribution in [2.75, 3.05) is 25.0 Å². The van der Waals surface area contributed by atoms with Gasteiger partial charge in [-0.1, -0.05) is 0 Å². The molecule has 0 aromatic carbocycles. The number of likely N-dealkylation sites (tertiary alicyclic amines) is 1. The summed E-state index contributed by atoms with van der Waals surface area (Å²) in [4.78, 5) is 31.0. The van der Waals surface area contributed by atoms with E-state index in [1.54, 1.807) is 30.9 Å². The molecule has 2 aromatic rings. The van der Waals surface area contributed by atoms with Crippen LogP contribution >= 0.6 is 0 Å². The molecule has 130 valence electrons. The summed E-state index contributed by atoms with van der Waals surface area (Å²) in [5, 5.41) is 3.32. The van der Waals surface area contributed by atoms with Crippen LogP contribution in [-0.2, 0) is 4.74 Å². The topological polar surface area (TPSA) is 93.1 Å². The van der Waals surface area contributed by atoms with Crippen LogP contribution in [0.15, 0.2) is 37.1 Å². The average molecular weight is 340 g/mol. The van der Waals surface area contributed by atoms with Gasteiger partial charge in [0, 0.05) is 37.8 Å². The predicted octanol–water partition coefficient (Wildman–Crippen LogP) is 1.14. The highest BCUT2D eigenvalue weighted by Crippen LogP contribution is 2.35. The van der Waals surface area contributed by atoms with Crippen LogP contribution < -0.4 is 5.32 Å². The molecule has 0 bridgehead atoms. The van der Waals surface area contributed by atoms with Gasteiger partial charge in [0.05, 0.1) is 31.0 Å². The van der Waals surface area contributed by atoms with Crippen LogP contribution in [0.5, 0.6) is 0 Å². The second kappa shape index (κ2) is 6.72. The van der Waals surface area contributed by atoms with Gasteiger partial charge in [0.1, 0.15) is 5.69 Å². The van der Waals surface area contributed by atoms with Crippen LogP contribution in [0.1, 0.15) is 29.8 Å². The number of carbonyl (C=O) groups excluding carboxylic acids is 1. The molecule has 2 aliphatic rings. The first-order chi connectivity index (χ1) is 12.2. The first-order valence-electron chi connectivity index (χ1n) is 8.47. The van der Waals surface area contributed by atoms with Gasteiger partial charge in [-0.2, -0.15) is 0 Å². The number of piperidine rings is 1.